The lowest BCUT2D eigenvalue weighted by atomic mass is 10.0. The van der Waals surface area contributed by atoms with E-state index in [1.54, 1.807) is 6.07 Å². The molecule has 116 valence electrons. The van der Waals surface area contributed by atoms with E-state index in [1.807, 2.05) is 0 Å². The average Bonchev–Trinajstić information content (AvgIpc) is 3.03. The van der Waals surface area contributed by atoms with Gasteiger partial charge in [-0.05, 0) is 43.6 Å². The largest absolute Gasteiger partial charge is 0.314 e. The Bertz CT molecular complexity index is 469. The van der Waals surface area contributed by atoms with Crippen LogP contribution in [0.2, 0.25) is 0 Å². The molecule has 1 atom stereocenters. The quantitative estimate of drug-likeness (QED) is 0.917. The molecule has 0 aliphatic carbocycles. The van der Waals surface area contributed by atoms with Crippen LogP contribution in [-0.4, -0.2) is 55.6 Å². The minimum absolute atomic E-state index is 0.167. The number of piperazine rings is 1. The summed E-state index contributed by atoms with van der Waals surface area (Å²) in [4.78, 5) is 4.83. The second-order valence-electron chi connectivity index (χ2n) is 5.98. The maximum absolute atomic E-state index is 13.6. The van der Waals surface area contributed by atoms with Gasteiger partial charge in [0, 0.05) is 38.8 Å². The van der Waals surface area contributed by atoms with Gasteiger partial charge in [0.1, 0.15) is 0 Å². The Balaban J connectivity index is 1.78. The van der Waals surface area contributed by atoms with Crippen molar-refractivity contribution in [1.29, 1.82) is 0 Å². The van der Waals surface area contributed by atoms with Crippen molar-refractivity contribution >= 4 is 0 Å². The van der Waals surface area contributed by atoms with Crippen LogP contribution in [0.15, 0.2) is 18.2 Å². The summed E-state index contributed by atoms with van der Waals surface area (Å²) in [6, 6.07) is 4.54. The molecule has 2 heterocycles. The molecule has 0 amide bonds. The molecule has 2 aliphatic rings. The number of likely N-dealkylation sites (tertiary alicyclic amines) is 1. The second-order valence-corrected chi connectivity index (χ2v) is 5.98. The molecule has 1 unspecified atom stereocenters. The fraction of sp³-hybridized carbons (Fsp3) is 0.625. The highest BCUT2D eigenvalue weighted by Gasteiger charge is 2.26. The molecule has 3 nitrogen and oxygen atoms in total. The van der Waals surface area contributed by atoms with Crippen LogP contribution in [0.25, 0.3) is 0 Å². The molecule has 2 fully saturated rings. The van der Waals surface area contributed by atoms with Gasteiger partial charge in [-0.2, -0.15) is 0 Å². The van der Waals surface area contributed by atoms with E-state index in [0.29, 0.717) is 0 Å². The van der Waals surface area contributed by atoms with Gasteiger partial charge in [-0.3, -0.25) is 9.80 Å². The summed E-state index contributed by atoms with van der Waals surface area (Å²) in [6.07, 6.45) is 2.39. The lowest BCUT2D eigenvalue weighted by molar-refractivity contribution is 0.149. The van der Waals surface area contributed by atoms with Crippen LogP contribution < -0.4 is 5.32 Å². The van der Waals surface area contributed by atoms with E-state index < -0.39 is 11.6 Å². The molecule has 0 spiro atoms. The summed E-state index contributed by atoms with van der Waals surface area (Å²) in [7, 11) is 0. The van der Waals surface area contributed by atoms with Crippen molar-refractivity contribution in [3.05, 3.63) is 35.4 Å². The fourth-order valence-corrected chi connectivity index (χ4v) is 3.34. The van der Waals surface area contributed by atoms with Gasteiger partial charge in [0.05, 0.1) is 0 Å². The molecule has 1 aromatic rings. The monoisotopic (exact) mass is 295 g/mol. The van der Waals surface area contributed by atoms with Gasteiger partial charge in [0.2, 0.25) is 0 Å². The highest BCUT2D eigenvalue weighted by atomic mass is 19.2. The number of hydrogen-bond acceptors (Lipinski definition) is 3. The minimum atomic E-state index is -0.763. The topological polar surface area (TPSA) is 18.5 Å². The van der Waals surface area contributed by atoms with Crippen LogP contribution >= 0.6 is 0 Å². The molecule has 0 saturated carbocycles. The lowest BCUT2D eigenvalue weighted by Gasteiger charge is -2.35. The summed E-state index contributed by atoms with van der Waals surface area (Å²) in [5, 5.41) is 3.35. The predicted octanol–water partition coefficient (Wildman–Crippen LogP) is 2.01. The third kappa shape index (κ3) is 3.59. The summed E-state index contributed by atoms with van der Waals surface area (Å²) in [6.45, 7) is 7.05. The molecule has 1 aromatic carbocycles. The van der Waals surface area contributed by atoms with E-state index in [1.165, 1.54) is 25.0 Å². The van der Waals surface area contributed by atoms with Crippen LogP contribution in [0.5, 0.6) is 0 Å². The zero-order valence-electron chi connectivity index (χ0n) is 12.3. The number of benzene rings is 1. The highest BCUT2D eigenvalue weighted by molar-refractivity contribution is 5.22. The van der Waals surface area contributed by atoms with Crippen molar-refractivity contribution in [3.63, 3.8) is 0 Å². The van der Waals surface area contributed by atoms with Crippen LogP contribution in [0.1, 0.15) is 24.4 Å². The van der Waals surface area contributed by atoms with Crippen LogP contribution in [0, 0.1) is 11.6 Å². The summed E-state index contributed by atoms with van der Waals surface area (Å²) in [5.74, 6) is -1.50. The Morgan fingerprint density at radius 3 is 2.38 bits per heavy atom. The first-order chi connectivity index (χ1) is 10.2. The zero-order chi connectivity index (χ0) is 14.7. The van der Waals surface area contributed by atoms with E-state index in [4.69, 9.17) is 0 Å². The summed E-state index contributed by atoms with van der Waals surface area (Å²) < 4.78 is 26.8. The maximum atomic E-state index is 13.6. The van der Waals surface area contributed by atoms with E-state index >= 15 is 0 Å². The number of hydrogen-bond donors (Lipinski definition) is 1. The maximum Gasteiger partial charge on any atom is 0.159 e. The molecule has 0 radical (unpaired) electrons. The standard InChI is InChI=1S/C16H23F2N3/c17-14-4-3-13(11-15(14)18)16(21-7-1-2-8-21)12-20-9-5-19-6-10-20/h3-4,11,16,19H,1-2,5-10,12H2. The molecular formula is C16H23F2N3. The van der Waals surface area contributed by atoms with Crippen molar-refractivity contribution < 1.29 is 8.78 Å². The Hall–Kier alpha value is -1.04. The SMILES string of the molecule is Fc1ccc(C(CN2CCNCC2)N2CCCC2)cc1F. The van der Waals surface area contributed by atoms with E-state index in [2.05, 4.69) is 15.1 Å². The van der Waals surface area contributed by atoms with Crippen molar-refractivity contribution in [2.24, 2.45) is 0 Å². The Morgan fingerprint density at radius 1 is 1.00 bits per heavy atom. The molecule has 2 saturated heterocycles. The molecule has 3 rings (SSSR count). The van der Waals surface area contributed by atoms with E-state index in [-0.39, 0.29) is 6.04 Å². The van der Waals surface area contributed by atoms with Crippen molar-refractivity contribution in [3.8, 4) is 0 Å². The number of halogens is 2. The number of rotatable bonds is 4. The van der Waals surface area contributed by atoms with Gasteiger partial charge < -0.3 is 5.32 Å². The van der Waals surface area contributed by atoms with Crippen molar-refractivity contribution in [1.82, 2.24) is 15.1 Å². The van der Waals surface area contributed by atoms with Gasteiger partial charge in [-0.15, -0.1) is 0 Å². The first kappa shape index (κ1) is 14.9. The fourth-order valence-electron chi connectivity index (χ4n) is 3.34. The zero-order valence-corrected chi connectivity index (χ0v) is 12.3. The van der Waals surface area contributed by atoms with Gasteiger partial charge in [-0.25, -0.2) is 8.78 Å². The molecule has 2 aliphatic heterocycles. The normalized spacial score (nSPS) is 22.6. The molecule has 0 aromatic heterocycles. The Kier molecular flexibility index (Phi) is 4.83. The number of nitrogens with zero attached hydrogens (tertiary/aromatic N) is 2. The minimum Gasteiger partial charge on any atom is -0.314 e. The highest BCUT2D eigenvalue weighted by Crippen LogP contribution is 2.27. The predicted molar refractivity (Wildman–Crippen MR) is 79.2 cm³/mol. The Morgan fingerprint density at radius 2 is 1.71 bits per heavy atom. The molecule has 0 bridgehead atoms. The lowest BCUT2D eigenvalue weighted by Crippen LogP contribution is -2.47. The average molecular weight is 295 g/mol. The van der Waals surface area contributed by atoms with Crippen LogP contribution in [-0.2, 0) is 0 Å². The van der Waals surface area contributed by atoms with Gasteiger partial charge in [-0.1, -0.05) is 6.07 Å². The first-order valence-corrected chi connectivity index (χ1v) is 7.86. The second kappa shape index (κ2) is 6.81. The molecule has 21 heavy (non-hydrogen) atoms. The summed E-state index contributed by atoms with van der Waals surface area (Å²) in [5.41, 5.74) is 0.898. The summed E-state index contributed by atoms with van der Waals surface area (Å²) >= 11 is 0. The third-order valence-electron chi connectivity index (χ3n) is 4.55. The molecule has 1 N–H and O–H groups in total. The van der Waals surface area contributed by atoms with Crippen LogP contribution in [0.4, 0.5) is 8.78 Å². The van der Waals surface area contributed by atoms with E-state index in [0.717, 1.165) is 51.4 Å². The van der Waals surface area contributed by atoms with Gasteiger partial charge in [0.25, 0.3) is 0 Å². The smallest absolute Gasteiger partial charge is 0.159 e. The van der Waals surface area contributed by atoms with Crippen molar-refractivity contribution in [2.75, 3.05) is 45.8 Å². The molecular weight excluding hydrogens is 272 g/mol. The number of nitrogens with one attached hydrogen (secondary N) is 1. The first-order valence-electron chi connectivity index (χ1n) is 7.86. The molecule has 5 heteroatoms. The van der Waals surface area contributed by atoms with Gasteiger partial charge in [0.15, 0.2) is 11.6 Å². The third-order valence-corrected chi connectivity index (χ3v) is 4.55. The van der Waals surface area contributed by atoms with Crippen LogP contribution in [0.3, 0.4) is 0 Å². The van der Waals surface area contributed by atoms with Crippen molar-refractivity contribution in [2.45, 2.75) is 18.9 Å². The Labute approximate surface area is 124 Å². The van der Waals surface area contributed by atoms with E-state index in [9.17, 15) is 8.78 Å². The van der Waals surface area contributed by atoms with Gasteiger partial charge >= 0.3 is 0 Å².